The van der Waals surface area contributed by atoms with Crippen molar-refractivity contribution in [1.82, 2.24) is 14.8 Å². The molecule has 1 aromatic heterocycles. The van der Waals surface area contributed by atoms with Crippen molar-refractivity contribution in [3.8, 4) is 28.6 Å². The summed E-state index contributed by atoms with van der Waals surface area (Å²) in [6.45, 7) is 2.55. The van der Waals surface area contributed by atoms with Gasteiger partial charge in [-0.25, -0.2) is 4.68 Å². The van der Waals surface area contributed by atoms with Crippen molar-refractivity contribution in [2.45, 2.75) is 32.2 Å². The van der Waals surface area contributed by atoms with Crippen LogP contribution in [-0.2, 0) is 4.79 Å². The molecule has 1 unspecified atom stereocenters. The first-order chi connectivity index (χ1) is 16.1. The van der Waals surface area contributed by atoms with Crippen molar-refractivity contribution in [3.05, 3.63) is 59.3 Å². The lowest BCUT2D eigenvalue weighted by atomic mass is 9.85. The average molecular weight is 447 g/mol. The van der Waals surface area contributed by atoms with Gasteiger partial charge in [-0.3, -0.25) is 4.79 Å². The number of Topliss-reactive ketones (excluding diaryl/α,β-unsaturated/α-hetero) is 1. The molecule has 0 spiro atoms. The summed E-state index contributed by atoms with van der Waals surface area (Å²) < 4.78 is 18.2. The third kappa shape index (κ3) is 3.82. The van der Waals surface area contributed by atoms with Crippen molar-refractivity contribution in [2.24, 2.45) is 0 Å². The number of ether oxygens (including phenoxy) is 3. The van der Waals surface area contributed by atoms with Crippen LogP contribution >= 0.6 is 0 Å². The highest BCUT2D eigenvalue weighted by Crippen LogP contribution is 2.41. The highest BCUT2D eigenvalue weighted by atomic mass is 16.5. The monoisotopic (exact) mass is 446 g/mol. The Labute approximate surface area is 192 Å². The zero-order valence-corrected chi connectivity index (χ0v) is 18.9. The van der Waals surface area contributed by atoms with Crippen LogP contribution in [0.15, 0.2) is 53.7 Å². The van der Waals surface area contributed by atoms with Crippen LogP contribution in [0.25, 0.3) is 11.4 Å². The van der Waals surface area contributed by atoms with Crippen LogP contribution in [0.4, 0.5) is 5.95 Å². The Hall–Kier alpha value is -3.81. The Balaban J connectivity index is 1.62. The predicted octanol–water partition coefficient (Wildman–Crippen LogP) is 4.38. The van der Waals surface area contributed by atoms with E-state index in [1.807, 2.05) is 43.3 Å². The van der Waals surface area contributed by atoms with Gasteiger partial charge in [0.2, 0.25) is 5.95 Å². The average Bonchev–Trinajstić information content (AvgIpc) is 3.27. The van der Waals surface area contributed by atoms with Crippen molar-refractivity contribution >= 4 is 11.7 Å². The molecule has 1 N–H and O–H groups in total. The molecule has 0 saturated carbocycles. The molecule has 0 saturated heterocycles. The Bertz CT molecular complexity index is 1210. The minimum atomic E-state index is -0.353. The number of hydrogen-bond donors (Lipinski definition) is 1. The summed E-state index contributed by atoms with van der Waals surface area (Å²) in [6.07, 6.45) is 2.18. The summed E-state index contributed by atoms with van der Waals surface area (Å²) in [6, 6.07) is 13.0. The van der Waals surface area contributed by atoms with Crippen LogP contribution in [0.3, 0.4) is 0 Å². The molecule has 1 aliphatic heterocycles. The molecule has 5 rings (SSSR count). The lowest BCUT2D eigenvalue weighted by Crippen LogP contribution is -2.31. The van der Waals surface area contributed by atoms with Gasteiger partial charge in [0.05, 0.1) is 20.8 Å². The zero-order valence-electron chi connectivity index (χ0n) is 18.9. The summed E-state index contributed by atoms with van der Waals surface area (Å²) in [5.74, 6) is 3.38. The highest BCUT2D eigenvalue weighted by Gasteiger charge is 2.37. The fourth-order valence-corrected chi connectivity index (χ4v) is 4.44. The first-order valence-corrected chi connectivity index (χ1v) is 11.1. The number of nitrogens with zero attached hydrogens (tertiary/aromatic N) is 3. The third-order valence-corrected chi connectivity index (χ3v) is 5.98. The van der Waals surface area contributed by atoms with Crippen molar-refractivity contribution in [3.63, 3.8) is 0 Å². The molecule has 0 amide bonds. The molecule has 2 heterocycles. The van der Waals surface area contributed by atoms with Gasteiger partial charge in [-0.05, 0) is 49.6 Å². The van der Waals surface area contributed by atoms with E-state index in [2.05, 4.69) is 5.32 Å². The molecule has 1 atom stereocenters. The fraction of sp³-hybridized carbons (Fsp3) is 0.320. The molecular weight excluding hydrogens is 420 g/mol. The fourth-order valence-electron chi connectivity index (χ4n) is 4.44. The number of allylic oxidation sites excluding steroid dienone is 2. The SMILES string of the molecule is CCOc1ccc(C2C3=C(CCCC3=O)Nc3nc(-c4cc(OC)cc(OC)c4)nn32)cc1. The lowest BCUT2D eigenvalue weighted by molar-refractivity contribution is -0.116. The van der Waals surface area contributed by atoms with Gasteiger partial charge in [0.25, 0.3) is 0 Å². The summed E-state index contributed by atoms with van der Waals surface area (Å²) in [4.78, 5) is 17.8. The van der Waals surface area contributed by atoms with E-state index in [4.69, 9.17) is 24.3 Å². The van der Waals surface area contributed by atoms with Gasteiger partial charge in [0.15, 0.2) is 11.6 Å². The van der Waals surface area contributed by atoms with E-state index in [1.165, 1.54) is 0 Å². The molecular formula is C25H26N4O4. The van der Waals surface area contributed by atoms with Crippen LogP contribution in [0.1, 0.15) is 37.8 Å². The Morgan fingerprint density at radius 3 is 2.42 bits per heavy atom. The maximum absolute atomic E-state index is 13.0. The largest absolute Gasteiger partial charge is 0.497 e. The van der Waals surface area contributed by atoms with Crippen LogP contribution in [0.5, 0.6) is 17.2 Å². The second-order valence-corrected chi connectivity index (χ2v) is 8.00. The van der Waals surface area contributed by atoms with Gasteiger partial charge in [0.1, 0.15) is 23.3 Å². The molecule has 3 aromatic rings. The molecule has 2 aromatic carbocycles. The smallest absolute Gasteiger partial charge is 0.226 e. The summed E-state index contributed by atoms with van der Waals surface area (Å²) >= 11 is 0. The van der Waals surface area contributed by atoms with E-state index in [-0.39, 0.29) is 11.8 Å². The topological polar surface area (TPSA) is 87.5 Å². The van der Waals surface area contributed by atoms with Gasteiger partial charge in [0, 0.05) is 29.3 Å². The van der Waals surface area contributed by atoms with Crippen molar-refractivity contribution < 1.29 is 19.0 Å². The Morgan fingerprint density at radius 1 is 1.03 bits per heavy atom. The van der Waals surface area contributed by atoms with E-state index < -0.39 is 0 Å². The number of hydrogen-bond acceptors (Lipinski definition) is 7. The van der Waals surface area contributed by atoms with Gasteiger partial charge in [-0.2, -0.15) is 4.98 Å². The second-order valence-electron chi connectivity index (χ2n) is 8.00. The highest BCUT2D eigenvalue weighted by molar-refractivity contribution is 5.99. The van der Waals surface area contributed by atoms with E-state index in [9.17, 15) is 4.79 Å². The number of carbonyl (C=O) groups is 1. The lowest BCUT2D eigenvalue weighted by Gasteiger charge is -2.32. The standard InChI is InChI=1S/C25H26N4O4/c1-4-33-17-10-8-15(9-11-17)23-22-20(6-5-7-21(22)30)26-25-27-24(28-29(23)25)16-12-18(31-2)14-19(13-16)32-3/h8-14,23H,4-7H2,1-3H3,(H,26,27,28). The van der Waals surface area contributed by atoms with E-state index in [0.29, 0.717) is 36.3 Å². The molecule has 8 nitrogen and oxygen atoms in total. The van der Waals surface area contributed by atoms with Crippen LogP contribution in [0, 0.1) is 0 Å². The number of aromatic nitrogens is 3. The molecule has 2 aliphatic rings. The molecule has 0 radical (unpaired) electrons. The Kier molecular flexibility index (Phi) is 5.50. The summed E-state index contributed by atoms with van der Waals surface area (Å²) in [7, 11) is 3.22. The predicted molar refractivity (Wildman–Crippen MR) is 124 cm³/mol. The van der Waals surface area contributed by atoms with Gasteiger partial charge in [-0.1, -0.05) is 12.1 Å². The number of methoxy groups -OCH3 is 2. The molecule has 8 heteroatoms. The van der Waals surface area contributed by atoms with Crippen molar-refractivity contribution in [2.75, 3.05) is 26.1 Å². The number of fused-ring (bicyclic) bond motifs is 1. The molecule has 170 valence electrons. The first-order valence-electron chi connectivity index (χ1n) is 11.1. The first kappa shape index (κ1) is 21.1. The van der Waals surface area contributed by atoms with Crippen molar-refractivity contribution in [1.29, 1.82) is 0 Å². The quantitative estimate of drug-likeness (QED) is 0.601. The van der Waals surface area contributed by atoms with Gasteiger partial charge in [-0.15, -0.1) is 5.10 Å². The van der Waals surface area contributed by atoms with E-state index in [0.717, 1.165) is 41.0 Å². The van der Waals surface area contributed by atoms with Gasteiger partial charge < -0.3 is 19.5 Å². The number of anilines is 1. The molecule has 0 fully saturated rings. The number of carbonyl (C=O) groups excluding carboxylic acids is 1. The molecule has 33 heavy (non-hydrogen) atoms. The summed E-state index contributed by atoms with van der Waals surface area (Å²) in [5.41, 5.74) is 3.42. The van der Waals surface area contributed by atoms with Crippen LogP contribution < -0.4 is 19.5 Å². The number of benzene rings is 2. The minimum Gasteiger partial charge on any atom is -0.497 e. The van der Waals surface area contributed by atoms with Gasteiger partial charge >= 0.3 is 0 Å². The maximum Gasteiger partial charge on any atom is 0.226 e. The van der Waals surface area contributed by atoms with E-state index in [1.54, 1.807) is 25.0 Å². The summed E-state index contributed by atoms with van der Waals surface area (Å²) in [5, 5.41) is 8.20. The second kappa shape index (κ2) is 8.61. The normalized spacial score (nSPS) is 17.2. The molecule has 0 bridgehead atoms. The minimum absolute atomic E-state index is 0.147. The van der Waals surface area contributed by atoms with E-state index >= 15 is 0 Å². The molecule has 1 aliphatic carbocycles. The third-order valence-electron chi connectivity index (χ3n) is 5.98. The Morgan fingerprint density at radius 2 is 1.76 bits per heavy atom. The number of nitrogens with one attached hydrogen (secondary N) is 1. The van der Waals surface area contributed by atoms with Crippen LogP contribution in [0.2, 0.25) is 0 Å². The number of ketones is 1. The number of rotatable bonds is 6. The van der Waals surface area contributed by atoms with Crippen LogP contribution in [-0.4, -0.2) is 41.4 Å². The zero-order chi connectivity index (χ0) is 22.9. The maximum atomic E-state index is 13.0.